The molecule has 0 amide bonds. The Morgan fingerprint density at radius 3 is 2.00 bits per heavy atom. The topological polar surface area (TPSA) is 64.0 Å². The van der Waals surface area contributed by atoms with Crippen molar-refractivity contribution in [2.24, 2.45) is 5.73 Å². The van der Waals surface area contributed by atoms with Crippen molar-refractivity contribution in [2.45, 2.75) is 39.2 Å². The molecule has 0 aliphatic rings. The Bertz CT molecular complexity index is 116. The first-order valence-electron chi connectivity index (χ1n) is 3.61. The van der Waals surface area contributed by atoms with Crippen LogP contribution >= 0.6 is 0 Å². The van der Waals surface area contributed by atoms with Crippen LogP contribution in [0, 0.1) is 5.41 Å². The average Bonchev–Trinajstić information content (AvgIpc) is 1.87. The Kier molecular flexibility index (Phi) is 3.19. The van der Waals surface area contributed by atoms with Crippen molar-refractivity contribution in [1.29, 1.82) is 5.41 Å². The number of rotatable bonds is 3. The van der Waals surface area contributed by atoms with Crippen molar-refractivity contribution >= 4 is 5.96 Å². The van der Waals surface area contributed by atoms with Gasteiger partial charge in [0.05, 0.1) is 0 Å². The Balaban J connectivity index is 3.92. The minimum Gasteiger partial charge on any atom is -0.454 e. The summed E-state index contributed by atoms with van der Waals surface area (Å²) < 4.78 is 0. The summed E-state index contributed by atoms with van der Waals surface area (Å²) in [6, 6.07) is 0. The third kappa shape index (κ3) is 2.71. The SMILES string of the molecule is CCC(C)(CC)[N-]C(=N)N. The van der Waals surface area contributed by atoms with Gasteiger partial charge in [-0.1, -0.05) is 20.8 Å². The van der Waals surface area contributed by atoms with Crippen LogP contribution in [0.5, 0.6) is 0 Å². The molecule has 0 aliphatic heterocycles. The highest BCUT2D eigenvalue weighted by Gasteiger charge is 2.14. The standard InChI is InChI=1S/C7H16N3/c1-4-7(3,5-2)10-6(8)9/h4-5H2,1-3H3,(H3-,8,9,10)/q-1. The first kappa shape index (κ1) is 9.27. The van der Waals surface area contributed by atoms with Crippen molar-refractivity contribution in [3.8, 4) is 0 Å². The summed E-state index contributed by atoms with van der Waals surface area (Å²) in [5, 5.41) is 11.0. The zero-order chi connectivity index (χ0) is 8.20. The lowest BCUT2D eigenvalue weighted by Gasteiger charge is -2.32. The van der Waals surface area contributed by atoms with Gasteiger partial charge in [-0.15, -0.1) is 0 Å². The molecular formula is C7H16N3-. The Morgan fingerprint density at radius 2 is 1.90 bits per heavy atom. The molecule has 0 aromatic carbocycles. The summed E-state index contributed by atoms with van der Waals surface area (Å²) in [5.74, 6) is -0.0637. The first-order valence-corrected chi connectivity index (χ1v) is 3.61. The van der Waals surface area contributed by atoms with Gasteiger partial charge in [0.25, 0.3) is 0 Å². The van der Waals surface area contributed by atoms with Crippen molar-refractivity contribution in [3.05, 3.63) is 5.32 Å². The van der Waals surface area contributed by atoms with Crippen LogP contribution in [-0.2, 0) is 0 Å². The number of nitrogens with one attached hydrogen (secondary N) is 1. The molecule has 3 N–H and O–H groups in total. The number of nitrogens with zero attached hydrogens (tertiary/aromatic N) is 1. The van der Waals surface area contributed by atoms with E-state index in [1.165, 1.54) is 0 Å². The summed E-state index contributed by atoms with van der Waals surface area (Å²) in [4.78, 5) is 0. The van der Waals surface area contributed by atoms with E-state index in [4.69, 9.17) is 11.1 Å². The molecule has 0 bridgehead atoms. The Hall–Kier alpha value is -0.730. The van der Waals surface area contributed by atoms with Crippen LogP contribution in [0.3, 0.4) is 0 Å². The fraction of sp³-hybridized carbons (Fsp3) is 0.857. The van der Waals surface area contributed by atoms with Gasteiger partial charge in [-0.3, -0.25) is 0 Å². The second kappa shape index (κ2) is 3.44. The van der Waals surface area contributed by atoms with Crippen molar-refractivity contribution < 1.29 is 0 Å². The summed E-state index contributed by atoms with van der Waals surface area (Å²) >= 11 is 0. The molecule has 0 aromatic rings. The van der Waals surface area contributed by atoms with Gasteiger partial charge < -0.3 is 16.5 Å². The minimum absolute atomic E-state index is 0.0637. The highest BCUT2D eigenvalue weighted by atomic mass is 15.1. The second-order valence-electron chi connectivity index (χ2n) is 2.70. The molecule has 3 heteroatoms. The van der Waals surface area contributed by atoms with Gasteiger partial charge in [-0.05, 0) is 12.8 Å². The maximum absolute atomic E-state index is 6.97. The quantitative estimate of drug-likeness (QED) is 0.458. The van der Waals surface area contributed by atoms with Gasteiger partial charge in [0.2, 0.25) is 0 Å². The molecule has 0 heterocycles. The van der Waals surface area contributed by atoms with Crippen LogP contribution in [0.15, 0.2) is 0 Å². The van der Waals surface area contributed by atoms with E-state index in [1.807, 2.05) is 6.92 Å². The van der Waals surface area contributed by atoms with Crippen LogP contribution in [0.25, 0.3) is 5.32 Å². The van der Waals surface area contributed by atoms with E-state index in [0.717, 1.165) is 12.8 Å². The maximum atomic E-state index is 6.97. The van der Waals surface area contributed by atoms with Gasteiger partial charge in [0.1, 0.15) is 0 Å². The second-order valence-corrected chi connectivity index (χ2v) is 2.70. The van der Waals surface area contributed by atoms with E-state index in [9.17, 15) is 0 Å². The number of nitrogens with two attached hydrogens (primary N) is 1. The highest BCUT2D eigenvalue weighted by molar-refractivity contribution is 5.89. The smallest absolute Gasteiger partial charge is 0.000514 e. The molecular weight excluding hydrogens is 126 g/mol. The van der Waals surface area contributed by atoms with E-state index >= 15 is 0 Å². The lowest BCUT2D eigenvalue weighted by molar-refractivity contribution is 0.507. The summed E-state index contributed by atoms with van der Waals surface area (Å²) in [6.07, 6.45) is 1.87. The molecule has 0 fully saturated rings. The third-order valence-electron chi connectivity index (χ3n) is 1.91. The molecule has 0 atom stereocenters. The largest absolute Gasteiger partial charge is 0.454 e. The van der Waals surface area contributed by atoms with Gasteiger partial charge in [-0.25, -0.2) is 0 Å². The van der Waals surface area contributed by atoms with Crippen LogP contribution in [0.4, 0.5) is 0 Å². The fourth-order valence-electron chi connectivity index (χ4n) is 0.699. The van der Waals surface area contributed by atoms with Gasteiger partial charge in [0.15, 0.2) is 0 Å². The predicted octanol–water partition coefficient (Wildman–Crippen LogP) is 1.83. The van der Waals surface area contributed by atoms with Crippen LogP contribution in [0.2, 0.25) is 0 Å². The third-order valence-corrected chi connectivity index (χ3v) is 1.91. The Labute approximate surface area is 62.5 Å². The highest BCUT2D eigenvalue weighted by Crippen LogP contribution is 2.23. The fourth-order valence-corrected chi connectivity index (χ4v) is 0.699. The molecule has 0 aliphatic carbocycles. The predicted molar refractivity (Wildman–Crippen MR) is 44.3 cm³/mol. The molecule has 0 saturated heterocycles. The lowest BCUT2D eigenvalue weighted by Crippen LogP contribution is -2.27. The molecule has 0 saturated carbocycles. The van der Waals surface area contributed by atoms with Gasteiger partial charge in [0, 0.05) is 11.5 Å². The molecule has 3 nitrogen and oxygen atoms in total. The van der Waals surface area contributed by atoms with Crippen LogP contribution < -0.4 is 5.73 Å². The zero-order valence-electron chi connectivity index (χ0n) is 6.94. The molecule has 0 rings (SSSR count). The molecule has 0 aromatic heterocycles. The van der Waals surface area contributed by atoms with Crippen molar-refractivity contribution in [3.63, 3.8) is 0 Å². The van der Waals surface area contributed by atoms with Crippen molar-refractivity contribution in [1.82, 2.24) is 0 Å². The number of hydrogen-bond acceptors (Lipinski definition) is 1. The summed E-state index contributed by atoms with van der Waals surface area (Å²) in [6.45, 7) is 6.11. The monoisotopic (exact) mass is 142 g/mol. The summed E-state index contributed by atoms with van der Waals surface area (Å²) in [7, 11) is 0. The first-order chi connectivity index (χ1) is 4.54. The van der Waals surface area contributed by atoms with E-state index in [0.29, 0.717) is 0 Å². The van der Waals surface area contributed by atoms with Crippen LogP contribution in [0.1, 0.15) is 33.6 Å². The summed E-state index contributed by atoms with van der Waals surface area (Å²) in [5.41, 5.74) is 5.03. The molecule has 60 valence electrons. The van der Waals surface area contributed by atoms with Crippen LogP contribution in [-0.4, -0.2) is 11.5 Å². The molecule has 0 unspecified atom stereocenters. The molecule has 10 heavy (non-hydrogen) atoms. The van der Waals surface area contributed by atoms with Gasteiger partial charge >= 0.3 is 0 Å². The number of hydrogen-bond donors (Lipinski definition) is 2. The van der Waals surface area contributed by atoms with E-state index in [-0.39, 0.29) is 11.5 Å². The van der Waals surface area contributed by atoms with E-state index < -0.39 is 0 Å². The van der Waals surface area contributed by atoms with E-state index in [2.05, 4.69) is 19.2 Å². The van der Waals surface area contributed by atoms with E-state index in [1.54, 1.807) is 0 Å². The van der Waals surface area contributed by atoms with Crippen molar-refractivity contribution in [2.75, 3.05) is 0 Å². The molecule has 0 radical (unpaired) electrons. The number of guanidine groups is 1. The van der Waals surface area contributed by atoms with Gasteiger partial charge in [-0.2, -0.15) is 0 Å². The molecule has 0 spiro atoms. The zero-order valence-corrected chi connectivity index (χ0v) is 6.94. The average molecular weight is 142 g/mol. The normalized spacial score (nSPS) is 11.1. The minimum atomic E-state index is -0.119. The lowest BCUT2D eigenvalue weighted by atomic mass is 9.96. The Morgan fingerprint density at radius 1 is 1.50 bits per heavy atom. The maximum Gasteiger partial charge on any atom is 0.000514 e.